The molecule has 0 bridgehead atoms. The minimum atomic E-state index is -0.276. The van der Waals surface area contributed by atoms with Crippen molar-refractivity contribution in [2.45, 2.75) is 26.3 Å². The van der Waals surface area contributed by atoms with Crippen LogP contribution in [-0.4, -0.2) is 38.8 Å². The first-order chi connectivity index (χ1) is 16.1. The van der Waals surface area contributed by atoms with Crippen LogP contribution in [0.25, 0.3) is 17.0 Å². The number of aryl methyl sites for hydroxylation is 1. The van der Waals surface area contributed by atoms with E-state index >= 15 is 0 Å². The molecule has 1 fully saturated rings. The Morgan fingerprint density at radius 2 is 1.73 bits per heavy atom. The summed E-state index contributed by atoms with van der Waals surface area (Å²) in [5.74, 6) is 1.29. The van der Waals surface area contributed by atoms with Crippen LogP contribution < -0.4 is 10.2 Å². The zero-order valence-electron chi connectivity index (χ0n) is 18.4. The zero-order chi connectivity index (χ0) is 22.8. The second-order valence-corrected chi connectivity index (χ2v) is 8.46. The number of rotatable bonds is 5. The number of hydrogen-bond donors (Lipinski definition) is 1. The molecule has 4 aromatic rings. The Balaban J connectivity index is 1.23. The van der Waals surface area contributed by atoms with Crippen LogP contribution in [-0.2, 0) is 11.3 Å². The smallest absolute Gasteiger partial charge is 0.223 e. The maximum Gasteiger partial charge on any atom is 0.223 e. The fraction of sp³-hybridized carbons (Fsp3) is 0.280. The third-order valence-corrected chi connectivity index (χ3v) is 6.13. The third kappa shape index (κ3) is 4.55. The van der Waals surface area contributed by atoms with Gasteiger partial charge in [-0.3, -0.25) is 4.79 Å². The Morgan fingerprint density at radius 1 is 1.00 bits per heavy atom. The Bertz CT molecular complexity index is 1260. The zero-order valence-corrected chi connectivity index (χ0v) is 18.4. The summed E-state index contributed by atoms with van der Waals surface area (Å²) in [5, 5.41) is 16.3. The molecule has 33 heavy (non-hydrogen) atoms. The van der Waals surface area contributed by atoms with Crippen LogP contribution in [0.1, 0.15) is 24.0 Å². The largest absolute Gasteiger partial charge is 0.355 e. The quantitative estimate of drug-likeness (QED) is 0.507. The first kappa shape index (κ1) is 21.1. The van der Waals surface area contributed by atoms with Crippen LogP contribution in [0, 0.1) is 18.7 Å². The third-order valence-electron chi connectivity index (χ3n) is 6.13. The van der Waals surface area contributed by atoms with Gasteiger partial charge in [-0.25, -0.2) is 4.39 Å². The highest BCUT2D eigenvalue weighted by Gasteiger charge is 2.26. The number of piperidine rings is 1. The Kier molecular flexibility index (Phi) is 5.73. The van der Waals surface area contributed by atoms with E-state index in [0.29, 0.717) is 18.0 Å². The molecule has 1 N–H and O–H groups in total. The van der Waals surface area contributed by atoms with E-state index < -0.39 is 0 Å². The van der Waals surface area contributed by atoms with Crippen LogP contribution in [0.5, 0.6) is 0 Å². The number of fused-ring (bicyclic) bond motifs is 1. The van der Waals surface area contributed by atoms with E-state index in [1.165, 1.54) is 17.7 Å². The Labute approximate surface area is 191 Å². The summed E-state index contributed by atoms with van der Waals surface area (Å²) in [6, 6.07) is 18.2. The number of nitrogens with one attached hydrogen (secondary N) is 1. The lowest BCUT2D eigenvalue weighted by Crippen LogP contribution is -2.40. The number of nitrogens with zero attached hydrogens (tertiary/aromatic N) is 5. The van der Waals surface area contributed by atoms with Gasteiger partial charge in [0.2, 0.25) is 5.91 Å². The molecule has 0 unspecified atom stereocenters. The number of carbonyl (C=O) groups excluding carboxylic acids is 1. The molecule has 2 aromatic carbocycles. The first-order valence-corrected chi connectivity index (χ1v) is 11.1. The van der Waals surface area contributed by atoms with Crippen molar-refractivity contribution in [3.05, 3.63) is 77.6 Å². The van der Waals surface area contributed by atoms with Gasteiger partial charge >= 0.3 is 0 Å². The normalized spacial score (nSPS) is 14.5. The monoisotopic (exact) mass is 444 g/mol. The number of benzene rings is 2. The maximum absolute atomic E-state index is 13.0. The van der Waals surface area contributed by atoms with E-state index in [9.17, 15) is 9.18 Å². The van der Waals surface area contributed by atoms with E-state index in [-0.39, 0.29) is 17.6 Å². The molecule has 8 heteroatoms. The van der Waals surface area contributed by atoms with Crippen LogP contribution in [0.3, 0.4) is 0 Å². The van der Waals surface area contributed by atoms with Crippen molar-refractivity contribution in [2.75, 3.05) is 18.0 Å². The van der Waals surface area contributed by atoms with Gasteiger partial charge in [0.25, 0.3) is 0 Å². The van der Waals surface area contributed by atoms with Crippen molar-refractivity contribution in [1.82, 2.24) is 25.1 Å². The van der Waals surface area contributed by atoms with Crippen LogP contribution in [0.15, 0.2) is 60.7 Å². The summed E-state index contributed by atoms with van der Waals surface area (Å²) in [5.41, 5.74) is 3.74. The number of amides is 1. The van der Waals surface area contributed by atoms with Crippen molar-refractivity contribution >= 4 is 17.4 Å². The second kappa shape index (κ2) is 8.97. The Morgan fingerprint density at radius 3 is 2.45 bits per heavy atom. The van der Waals surface area contributed by atoms with Crippen molar-refractivity contribution in [3.63, 3.8) is 0 Å². The SMILES string of the molecule is Cc1ccc(-c2nnc3ccc(N4CCC(C(=O)NCc5ccc(F)cc5)CC4)nn23)cc1. The number of halogens is 1. The summed E-state index contributed by atoms with van der Waals surface area (Å²) in [6.45, 7) is 3.95. The molecule has 1 saturated heterocycles. The minimum Gasteiger partial charge on any atom is -0.355 e. The molecular weight excluding hydrogens is 419 g/mol. The average molecular weight is 445 g/mol. The van der Waals surface area contributed by atoms with Gasteiger partial charge in [-0.05, 0) is 49.6 Å². The molecule has 7 nitrogen and oxygen atoms in total. The van der Waals surface area contributed by atoms with E-state index in [4.69, 9.17) is 5.10 Å². The fourth-order valence-electron chi connectivity index (χ4n) is 4.14. The highest BCUT2D eigenvalue weighted by Crippen LogP contribution is 2.24. The molecule has 168 valence electrons. The van der Waals surface area contributed by atoms with Gasteiger partial charge in [0.1, 0.15) is 11.6 Å². The summed E-state index contributed by atoms with van der Waals surface area (Å²) < 4.78 is 14.8. The van der Waals surface area contributed by atoms with Gasteiger partial charge in [0.05, 0.1) is 0 Å². The van der Waals surface area contributed by atoms with Crippen molar-refractivity contribution in [3.8, 4) is 11.4 Å². The molecule has 0 atom stereocenters. The summed E-state index contributed by atoms with van der Waals surface area (Å²) in [4.78, 5) is 14.8. The standard InChI is InChI=1S/C25H25FN6O/c1-17-2-6-19(7-3-17)24-29-28-22-10-11-23(30-32(22)24)31-14-12-20(13-15-31)25(33)27-16-18-4-8-21(26)9-5-18/h2-11,20H,12-16H2,1H3,(H,27,33). The molecule has 5 rings (SSSR count). The number of carbonyl (C=O) groups is 1. The molecule has 1 amide bonds. The van der Waals surface area contributed by atoms with E-state index in [1.807, 2.05) is 36.4 Å². The summed E-state index contributed by atoms with van der Waals surface area (Å²) >= 11 is 0. The molecule has 1 aliphatic heterocycles. The lowest BCUT2D eigenvalue weighted by Gasteiger charge is -2.32. The predicted octanol–water partition coefficient (Wildman–Crippen LogP) is 3.77. The Hall–Kier alpha value is -3.81. The van der Waals surface area contributed by atoms with Gasteiger partial charge in [-0.2, -0.15) is 4.52 Å². The lowest BCUT2D eigenvalue weighted by molar-refractivity contribution is -0.125. The molecule has 0 radical (unpaired) electrons. The second-order valence-electron chi connectivity index (χ2n) is 8.46. The maximum atomic E-state index is 13.0. The molecule has 3 heterocycles. The van der Waals surface area contributed by atoms with Crippen LogP contribution >= 0.6 is 0 Å². The van der Waals surface area contributed by atoms with Gasteiger partial charge in [0, 0.05) is 31.1 Å². The topological polar surface area (TPSA) is 75.4 Å². The lowest BCUT2D eigenvalue weighted by atomic mass is 9.96. The fourth-order valence-corrected chi connectivity index (χ4v) is 4.14. The van der Waals surface area contributed by atoms with Crippen molar-refractivity contribution in [2.24, 2.45) is 5.92 Å². The van der Waals surface area contributed by atoms with Crippen LogP contribution in [0.4, 0.5) is 10.2 Å². The van der Waals surface area contributed by atoms with E-state index in [0.717, 1.165) is 42.9 Å². The van der Waals surface area contributed by atoms with Crippen molar-refractivity contribution < 1.29 is 9.18 Å². The predicted molar refractivity (Wildman–Crippen MR) is 124 cm³/mol. The molecule has 2 aromatic heterocycles. The highest BCUT2D eigenvalue weighted by atomic mass is 19.1. The number of hydrogen-bond acceptors (Lipinski definition) is 5. The molecule has 1 aliphatic rings. The van der Waals surface area contributed by atoms with Gasteiger partial charge in [0.15, 0.2) is 11.5 Å². The molecule has 0 aliphatic carbocycles. The van der Waals surface area contributed by atoms with Gasteiger partial charge < -0.3 is 10.2 Å². The average Bonchev–Trinajstić information content (AvgIpc) is 3.27. The minimum absolute atomic E-state index is 0.0385. The van der Waals surface area contributed by atoms with Gasteiger partial charge in [-0.15, -0.1) is 15.3 Å². The van der Waals surface area contributed by atoms with E-state index in [2.05, 4.69) is 27.3 Å². The van der Waals surface area contributed by atoms with E-state index in [1.54, 1.807) is 16.6 Å². The molecule has 0 spiro atoms. The first-order valence-electron chi connectivity index (χ1n) is 11.1. The number of aromatic nitrogens is 4. The summed E-state index contributed by atoms with van der Waals surface area (Å²) in [7, 11) is 0. The van der Waals surface area contributed by atoms with Crippen LogP contribution in [0.2, 0.25) is 0 Å². The molecule has 0 saturated carbocycles. The van der Waals surface area contributed by atoms with Crippen molar-refractivity contribution in [1.29, 1.82) is 0 Å². The molecular formula is C25H25FN6O. The van der Waals surface area contributed by atoms with Gasteiger partial charge in [-0.1, -0.05) is 42.0 Å². The summed E-state index contributed by atoms with van der Waals surface area (Å²) in [6.07, 6.45) is 1.50. The number of anilines is 1. The highest BCUT2D eigenvalue weighted by molar-refractivity contribution is 5.79.